The third-order valence-electron chi connectivity index (χ3n) is 3.13. The molecule has 0 amide bonds. The molecule has 0 saturated carbocycles. The number of aliphatic hydroxyl groups is 1. The first-order chi connectivity index (χ1) is 11.1. The van der Waals surface area contributed by atoms with E-state index in [0.717, 1.165) is 4.68 Å². The second-order valence-electron chi connectivity index (χ2n) is 5.14. The number of carbonyl (C=O) groups excluding carboxylic acids is 1. The Morgan fingerprint density at radius 2 is 1.92 bits per heavy atom. The number of halogens is 4. The molecule has 2 aromatic rings. The molecule has 0 saturated heterocycles. The molecule has 0 radical (unpaired) electrons. The number of nitrogens with zero attached hydrogens (tertiary/aromatic N) is 3. The van der Waals surface area contributed by atoms with Crippen LogP contribution in [-0.4, -0.2) is 37.5 Å². The number of hydrogen-bond donors (Lipinski definition) is 1. The molecule has 0 aliphatic heterocycles. The predicted molar refractivity (Wildman–Crippen MR) is 79.7 cm³/mol. The molecule has 2 rings (SSSR count). The maximum absolute atomic E-state index is 12.6. The standard InChI is InChI=1S/C14H13ClF3N3O3/c1-8(22)6-21-13(24)20(7-11(23)14(16,17)18)12(19-21)9-2-4-10(15)5-3-9/h2-5,11,23H,6-7H2,1H3/t11-/m0/s1. The molecule has 0 fully saturated rings. The lowest BCUT2D eigenvalue weighted by molar-refractivity contribution is -0.207. The molecular weight excluding hydrogens is 351 g/mol. The lowest BCUT2D eigenvalue weighted by atomic mass is 10.2. The topological polar surface area (TPSA) is 77.1 Å². The first-order valence-electron chi connectivity index (χ1n) is 6.77. The van der Waals surface area contributed by atoms with Gasteiger partial charge in [0.15, 0.2) is 17.7 Å². The SMILES string of the molecule is CC(=O)Cn1nc(-c2ccc(Cl)cc2)n(C[C@H](O)C(F)(F)F)c1=O. The van der Waals surface area contributed by atoms with E-state index in [1.165, 1.54) is 31.2 Å². The number of rotatable bonds is 5. The van der Waals surface area contributed by atoms with Crippen molar-refractivity contribution in [1.82, 2.24) is 14.3 Å². The van der Waals surface area contributed by atoms with Crippen molar-refractivity contribution in [2.45, 2.75) is 32.3 Å². The van der Waals surface area contributed by atoms with Crippen LogP contribution >= 0.6 is 11.6 Å². The zero-order chi connectivity index (χ0) is 18.1. The summed E-state index contributed by atoms with van der Waals surface area (Å²) in [5.41, 5.74) is -0.591. The molecule has 0 unspecified atom stereocenters. The summed E-state index contributed by atoms with van der Waals surface area (Å²) in [6, 6.07) is 5.91. The minimum absolute atomic E-state index is 0.0961. The van der Waals surface area contributed by atoms with Gasteiger partial charge < -0.3 is 5.11 Å². The van der Waals surface area contributed by atoms with Crippen LogP contribution in [0.3, 0.4) is 0 Å². The number of Topliss-reactive ketones (excluding diaryl/α,β-unsaturated/α-hetero) is 1. The third-order valence-corrected chi connectivity index (χ3v) is 3.38. The van der Waals surface area contributed by atoms with E-state index in [0.29, 0.717) is 15.2 Å². The summed E-state index contributed by atoms with van der Waals surface area (Å²) in [6.07, 6.45) is -7.63. The van der Waals surface area contributed by atoms with E-state index in [-0.39, 0.29) is 18.2 Å². The van der Waals surface area contributed by atoms with Crippen molar-refractivity contribution >= 4 is 17.4 Å². The summed E-state index contributed by atoms with van der Waals surface area (Å²) < 4.78 is 39.3. The number of alkyl halides is 3. The number of aliphatic hydroxyl groups excluding tert-OH is 1. The van der Waals surface area contributed by atoms with Crippen molar-refractivity contribution in [2.24, 2.45) is 0 Å². The predicted octanol–water partition coefficient (Wildman–Crippen LogP) is 1.88. The van der Waals surface area contributed by atoms with E-state index in [9.17, 15) is 27.9 Å². The van der Waals surface area contributed by atoms with Crippen molar-refractivity contribution < 1.29 is 23.1 Å². The average molecular weight is 364 g/mol. The highest BCUT2D eigenvalue weighted by Crippen LogP contribution is 2.23. The summed E-state index contributed by atoms with van der Waals surface area (Å²) in [7, 11) is 0. The average Bonchev–Trinajstić information content (AvgIpc) is 2.76. The second kappa shape index (κ2) is 6.78. The Bertz CT molecular complexity index is 796. The highest BCUT2D eigenvalue weighted by Gasteiger charge is 2.39. The fraction of sp³-hybridized carbons (Fsp3) is 0.357. The molecule has 10 heteroatoms. The largest absolute Gasteiger partial charge is 0.416 e. The van der Waals surface area contributed by atoms with Crippen LogP contribution in [-0.2, 0) is 17.9 Å². The van der Waals surface area contributed by atoms with Gasteiger partial charge in [0, 0.05) is 10.6 Å². The quantitative estimate of drug-likeness (QED) is 0.880. The van der Waals surface area contributed by atoms with Crippen LogP contribution in [0.2, 0.25) is 5.02 Å². The Labute approximate surface area is 139 Å². The summed E-state index contributed by atoms with van der Waals surface area (Å²) in [5, 5.41) is 13.6. The van der Waals surface area contributed by atoms with E-state index in [1.807, 2.05) is 0 Å². The number of aromatic nitrogens is 3. The third kappa shape index (κ3) is 4.04. The number of ketones is 1. The zero-order valence-electron chi connectivity index (χ0n) is 12.4. The van der Waals surface area contributed by atoms with Crippen molar-refractivity contribution in [3.63, 3.8) is 0 Å². The fourth-order valence-electron chi connectivity index (χ4n) is 2.01. The van der Waals surface area contributed by atoms with Crippen LogP contribution in [0.15, 0.2) is 29.1 Å². The molecule has 0 aliphatic rings. The van der Waals surface area contributed by atoms with Crippen molar-refractivity contribution in [1.29, 1.82) is 0 Å². The van der Waals surface area contributed by atoms with Gasteiger partial charge in [-0.25, -0.2) is 9.48 Å². The van der Waals surface area contributed by atoms with Gasteiger partial charge in [-0.3, -0.25) is 9.36 Å². The van der Waals surface area contributed by atoms with Crippen LogP contribution in [0, 0.1) is 0 Å². The normalized spacial score (nSPS) is 13.1. The van der Waals surface area contributed by atoms with Gasteiger partial charge in [0.25, 0.3) is 0 Å². The lowest BCUT2D eigenvalue weighted by Gasteiger charge is -2.15. The first kappa shape index (κ1) is 18.2. The van der Waals surface area contributed by atoms with Crippen molar-refractivity contribution in [3.8, 4) is 11.4 Å². The minimum Gasteiger partial charge on any atom is -0.382 e. The monoisotopic (exact) mass is 363 g/mol. The molecular formula is C14H13ClF3N3O3. The Hall–Kier alpha value is -2.13. The molecule has 24 heavy (non-hydrogen) atoms. The van der Waals surface area contributed by atoms with Crippen molar-refractivity contribution in [2.75, 3.05) is 0 Å². The number of carbonyl (C=O) groups is 1. The summed E-state index contributed by atoms with van der Waals surface area (Å²) in [4.78, 5) is 23.4. The lowest BCUT2D eigenvalue weighted by Crippen LogP contribution is -2.37. The highest BCUT2D eigenvalue weighted by molar-refractivity contribution is 6.30. The van der Waals surface area contributed by atoms with Crippen LogP contribution in [0.25, 0.3) is 11.4 Å². The second-order valence-corrected chi connectivity index (χ2v) is 5.58. The Morgan fingerprint density at radius 1 is 1.33 bits per heavy atom. The Balaban J connectivity index is 2.53. The van der Waals surface area contributed by atoms with Crippen molar-refractivity contribution in [3.05, 3.63) is 39.8 Å². The van der Waals surface area contributed by atoms with Gasteiger partial charge in [-0.05, 0) is 31.2 Å². The molecule has 1 aromatic heterocycles. The van der Waals surface area contributed by atoms with E-state index < -0.39 is 24.5 Å². The molecule has 1 heterocycles. The van der Waals surface area contributed by atoms with E-state index in [1.54, 1.807) is 0 Å². The van der Waals surface area contributed by atoms with Gasteiger partial charge in [-0.1, -0.05) is 11.6 Å². The molecule has 0 spiro atoms. The molecule has 6 nitrogen and oxygen atoms in total. The Morgan fingerprint density at radius 3 is 2.42 bits per heavy atom. The molecule has 130 valence electrons. The van der Waals surface area contributed by atoms with Crippen LogP contribution in [0.5, 0.6) is 0 Å². The summed E-state index contributed by atoms with van der Waals surface area (Å²) in [5.74, 6) is -0.484. The smallest absolute Gasteiger partial charge is 0.382 e. The minimum atomic E-state index is -4.89. The first-order valence-corrected chi connectivity index (χ1v) is 7.15. The molecule has 1 atom stereocenters. The fourth-order valence-corrected chi connectivity index (χ4v) is 2.13. The van der Waals surface area contributed by atoms with Crippen LogP contribution in [0.4, 0.5) is 13.2 Å². The van der Waals surface area contributed by atoms with Crippen LogP contribution in [0.1, 0.15) is 6.92 Å². The zero-order valence-corrected chi connectivity index (χ0v) is 13.2. The van der Waals surface area contributed by atoms with E-state index in [4.69, 9.17) is 11.6 Å². The van der Waals surface area contributed by atoms with Gasteiger partial charge in [0.05, 0.1) is 6.54 Å². The van der Waals surface area contributed by atoms with Crippen LogP contribution < -0.4 is 5.69 Å². The van der Waals surface area contributed by atoms with Gasteiger partial charge in [0.2, 0.25) is 0 Å². The molecule has 1 aromatic carbocycles. The van der Waals surface area contributed by atoms with E-state index in [2.05, 4.69) is 5.10 Å². The van der Waals surface area contributed by atoms with Gasteiger partial charge in [-0.15, -0.1) is 5.10 Å². The number of benzene rings is 1. The van der Waals surface area contributed by atoms with Gasteiger partial charge in [-0.2, -0.15) is 13.2 Å². The summed E-state index contributed by atoms with van der Waals surface area (Å²) in [6.45, 7) is -0.190. The summed E-state index contributed by atoms with van der Waals surface area (Å²) >= 11 is 5.76. The van der Waals surface area contributed by atoms with E-state index >= 15 is 0 Å². The van der Waals surface area contributed by atoms with Gasteiger partial charge >= 0.3 is 11.9 Å². The Kier molecular flexibility index (Phi) is 5.14. The van der Waals surface area contributed by atoms with Gasteiger partial charge in [0.1, 0.15) is 6.54 Å². The maximum Gasteiger partial charge on any atom is 0.416 e. The molecule has 1 N–H and O–H groups in total. The molecule has 0 bridgehead atoms. The maximum atomic E-state index is 12.6. The number of hydrogen-bond acceptors (Lipinski definition) is 4. The molecule has 0 aliphatic carbocycles. The highest BCUT2D eigenvalue weighted by atomic mass is 35.5.